The molecular weight excluding hydrogens is 779 g/mol. The maximum Gasteiger partial charge on any atom is 0.499 e. The molecule has 3 aliphatic heterocycles. The second-order valence-electron chi connectivity index (χ2n) is 18.6. The van der Waals surface area contributed by atoms with Crippen LogP contribution in [0.25, 0.3) is 95.0 Å². The molecule has 2 aromatic heterocycles. The fourth-order valence-electron chi connectivity index (χ4n) is 10.8. The molecule has 4 heteroatoms. The Labute approximate surface area is 373 Å². The number of aromatic nitrogens is 3. The van der Waals surface area contributed by atoms with E-state index in [1.165, 1.54) is 66.8 Å². The molecule has 1 unspecified atom stereocenters. The van der Waals surface area contributed by atoms with Crippen molar-refractivity contribution in [3.63, 3.8) is 0 Å². The lowest BCUT2D eigenvalue weighted by Crippen LogP contribution is -2.78. The van der Waals surface area contributed by atoms with E-state index in [2.05, 4.69) is 242 Å². The Morgan fingerprint density at radius 1 is 0.484 bits per heavy atom. The van der Waals surface area contributed by atoms with Gasteiger partial charge in [0, 0.05) is 28.8 Å². The summed E-state index contributed by atoms with van der Waals surface area (Å²) in [4.78, 5) is 0. The molecule has 0 amide bonds. The zero-order chi connectivity index (χ0) is 42.9. The van der Waals surface area contributed by atoms with E-state index in [9.17, 15) is 0 Å². The zero-order valence-corrected chi connectivity index (χ0v) is 36.3. The fourth-order valence-corrected chi connectivity index (χ4v) is 10.8. The van der Waals surface area contributed by atoms with Gasteiger partial charge >= 0.3 is 11.7 Å². The van der Waals surface area contributed by atoms with E-state index < -0.39 is 5.85 Å². The second-order valence-corrected chi connectivity index (χ2v) is 18.6. The maximum atomic E-state index is 7.73. The van der Waals surface area contributed by atoms with Crippen molar-refractivity contribution in [3.8, 4) is 89.7 Å². The molecule has 4 nitrogen and oxygen atoms in total. The number of fused-ring (bicyclic) bond motifs is 5. The highest BCUT2D eigenvalue weighted by atomic mass is 16.5. The SMILES string of the molecule is Cc1cc(-c2ccc(C(C)(C)C)cc2)c(-n2c3[n+]4c5c(cccc52)-c2cc(-c5ccccc5)cc5c2C4(Oc2ccccc2-3)[n+]2ccc(-c3ccccc3)cc2-5)cc1-c1ccccc1. The number of hydrogen-bond donors (Lipinski definition) is 0. The Bertz CT molecular complexity index is 3540. The summed E-state index contributed by atoms with van der Waals surface area (Å²) in [6.45, 7) is 9.10. The van der Waals surface area contributed by atoms with E-state index >= 15 is 0 Å². The molecule has 8 aromatic carbocycles. The molecule has 304 valence electrons. The van der Waals surface area contributed by atoms with Gasteiger partial charge in [0.05, 0.1) is 5.56 Å². The Balaban J connectivity index is 1.19. The van der Waals surface area contributed by atoms with Crippen LogP contribution in [-0.2, 0) is 11.3 Å². The Hall–Kier alpha value is -7.82. The molecular formula is C60H45N3O+2. The number of hydrogen-bond acceptors (Lipinski definition) is 1. The van der Waals surface area contributed by atoms with E-state index in [0.717, 1.165) is 50.7 Å². The molecule has 1 spiro atoms. The van der Waals surface area contributed by atoms with Gasteiger partial charge in [-0.1, -0.05) is 154 Å². The minimum absolute atomic E-state index is 0.0375. The maximum absolute atomic E-state index is 7.73. The molecule has 0 bridgehead atoms. The van der Waals surface area contributed by atoms with Gasteiger partial charge in [0.2, 0.25) is 5.69 Å². The minimum Gasteiger partial charge on any atom is -0.392 e. The quantitative estimate of drug-likeness (QED) is 0.159. The van der Waals surface area contributed by atoms with Gasteiger partial charge < -0.3 is 4.74 Å². The monoisotopic (exact) mass is 823 g/mol. The average molecular weight is 824 g/mol. The van der Waals surface area contributed by atoms with Crippen LogP contribution >= 0.6 is 0 Å². The standard InChI is InChI=1S/C60H45N3O/c1-38-33-49(42-27-29-45(30-28-42)59(2,3)4)54(37-48(38)41-21-12-7-13-22-41)62-52-25-16-24-46-50-34-44(40-19-10-6-11-20-40)35-51-53-36-43(39-17-8-5-9-18-39)31-32-61(53)60(56(50)51)63(57(46)52)58(62)47-23-14-15-26-55(47)64-60/h5-37H,1-4H3/q+2. The van der Waals surface area contributed by atoms with Crippen LogP contribution in [0.3, 0.4) is 0 Å². The molecule has 64 heavy (non-hydrogen) atoms. The molecule has 0 aliphatic carbocycles. The first-order chi connectivity index (χ1) is 31.3. The third kappa shape index (κ3) is 5.11. The molecule has 13 rings (SSSR count). The molecule has 0 saturated heterocycles. The van der Waals surface area contributed by atoms with Crippen molar-refractivity contribution in [1.82, 2.24) is 4.57 Å². The molecule has 3 aliphatic rings. The first kappa shape index (κ1) is 36.8. The van der Waals surface area contributed by atoms with Gasteiger partial charge in [-0.25, -0.2) is 0 Å². The third-order valence-electron chi connectivity index (χ3n) is 13.8. The summed E-state index contributed by atoms with van der Waals surface area (Å²) in [5.74, 6) is 0.863. The summed E-state index contributed by atoms with van der Waals surface area (Å²) >= 11 is 0. The molecule has 0 N–H and O–H groups in total. The highest BCUT2D eigenvalue weighted by Crippen LogP contribution is 2.54. The number of para-hydroxylation sites is 2. The smallest absolute Gasteiger partial charge is 0.392 e. The van der Waals surface area contributed by atoms with E-state index in [1.54, 1.807) is 0 Å². The summed E-state index contributed by atoms with van der Waals surface area (Å²) in [5.41, 5.74) is 22.3. The number of rotatable bonds is 5. The van der Waals surface area contributed by atoms with Crippen LogP contribution < -0.4 is 13.9 Å². The van der Waals surface area contributed by atoms with E-state index in [-0.39, 0.29) is 5.41 Å². The summed E-state index contributed by atoms with van der Waals surface area (Å²) in [6.07, 6.45) is 2.26. The van der Waals surface area contributed by atoms with Gasteiger partial charge in [0.15, 0.2) is 17.2 Å². The van der Waals surface area contributed by atoms with Crippen molar-refractivity contribution in [1.29, 1.82) is 0 Å². The fraction of sp³-hybridized carbons (Fsp3) is 0.100. The average Bonchev–Trinajstić information content (AvgIpc) is 3.83. The van der Waals surface area contributed by atoms with Gasteiger partial charge in [-0.3, -0.25) is 0 Å². The van der Waals surface area contributed by atoms with Crippen LogP contribution in [0.5, 0.6) is 5.75 Å². The van der Waals surface area contributed by atoms with Crippen molar-refractivity contribution < 1.29 is 13.9 Å². The summed E-state index contributed by atoms with van der Waals surface area (Å²) in [6, 6.07) is 71.3. The van der Waals surface area contributed by atoms with Crippen molar-refractivity contribution in [2.45, 2.75) is 39.0 Å². The van der Waals surface area contributed by atoms with Crippen LogP contribution in [-0.4, -0.2) is 4.57 Å². The largest absolute Gasteiger partial charge is 0.499 e. The predicted octanol–water partition coefficient (Wildman–Crippen LogP) is 13.7. The normalized spacial score (nSPS) is 15.1. The third-order valence-corrected chi connectivity index (χ3v) is 13.8. The van der Waals surface area contributed by atoms with E-state index in [0.29, 0.717) is 0 Å². The first-order valence-electron chi connectivity index (χ1n) is 22.3. The lowest BCUT2D eigenvalue weighted by Gasteiger charge is -2.32. The Morgan fingerprint density at radius 2 is 1.11 bits per heavy atom. The Morgan fingerprint density at radius 3 is 1.83 bits per heavy atom. The van der Waals surface area contributed by atoms with Gasteiger partial charge in [-0.2, -0.15) is 4.57 Å². The van der Waals surface area contributed by atoms with Crippen LogP contribution in [0.2, 0.25) is 0 Å². The van der Waals surface area contributed by atoms with Crippen LogP contribution in [0.15, 0.2) is 200 Å². The number of nitrogens with zero attached hydrogens (tertiary/aromatic N) is 3. The summed E-state index contributed by atoms with van der Waals surface area (Å²) in [5, 5.41) is 0. The van der Waals surface area contributed by atoms with Crippen molar-refractivity contribution in [2.24, 2.45) is 0 Å². The topological polar surface area (TPSA) is 21.9 Å². The summed E-state index contributed by atoms with van der Waals surface area (Å²) < 4.78 is 15.2. The first-order valence-corrected chi connectivity index (χ1v) is 22.3. The lowest BCUT2D eigenvalue weighted by atomic mass is 9.85. The van der Waals surface area contributed by atoms with Gasteiger partial charge in [0.25, 0.3) is 0 Å². The van der Waals surface area contributed by atoms with Gasteiger partial charge in [-0.05, 0) is 111 Å². The second kappa shape index (κ2) is 13.3. The highest BCUT2D eigenvalue weighted by molar-refractivity contribution is 6.00. The summed E-state index contributed by atoms with van der Waals surface area (Å²) in [7, 11) is 0. The van der Waals surface area contributed by atoms with Gasteiger partial charge in [-0.15, -0.1) is 9.13 Å². The van der Waals surface area contributed by atoms with Crippen molar-refractivity contribution in [3.05, 3.63) is 217 Å². The number of pyridine rings is 1. The van der Waals surface area contributed by atoms with E-state index in [1.807, 2.05) is 0 Å². The van der Waals surface area contributed by atoms with Gasteiger partial charge in [0.1, 0.15) is 22.6 Å². The van der Waals surface area contributed by atoms with Crippen LogP contribution in [0.1, 0.15) is 37.5 Å². The molecule has 5 heterocycles. The highest BCUT2D eigenvalue weighted by Gasteiger charge is 2.68. The molecule has 0 fully saturated rings. The zero-order valence-electron chi connectivity index (χ0n) is 36.3. The number of imidazole rings is 1. The number of benzene rings is 8. The number of ether oxygens (including phenoxy) is 1. The van der Waals surface area contributed by atoms with Crippen LogP contribution in [0, 0.1) is 6.92 Å². The lowest BCUT2D eigenvalue weighted by molar-refractivity contribution is -0.997. The molecule has 10 aromatic rings. The molecule has 0 radical (unpaired) electrons. The molecule has 0 saturated carbocycles. The van der Waals surface area contributed by atoms with Crippen molar-refractivity contribution >= 4 is 11.0 Å². The Kier molecular flexibility index (Phi) is 7.67. The van der Waals surface area contributed by atoms with Crippen LogP contribution in [0.4, 0.5) is 0 Å². The van der Waals surface area contributed by atoms with E-state index in [4.69, 9.17) is 4.74 Å². The minimum atomic E-state index is -1.06. The van der Waals surface area contributed by atoms with Crippen molar-refractivity contribution in [2.75, 3.05) is 0 Å². The molecule has 1 atom stereocenters. The predicted molar refractivity (Wildman–Crippen MR) is 258 cm³/mol. The number of aryl methyl sites for hydroxylation is 1.